The first-order valence-electron chi connectivity index (χ1n) is 5.73. The van der Waals surface area contributed by atoms with E-state index in [0.717, 1.165) is 5.56 Å². The number of ether oxygens (including phenoxy) is 1. The number of carboxylic acid groups (broad SMARTS) is 1. The van der Waals surface area contributed by atoms with E-state index in [2.05, 4.69) is 5.32 Å². The Hall–Kier alpha value is -2.08. The van der Waals surface area contributed by atoms with Gasteiger partial charge in [0.05, 0.1) is 5.60 Å². The third kappa shape index (κ3) is 4.97. The molecule has 0 fully saturated rings. The summed E-state index contributed by atoms with van der Waals surface area (Å²) in [5, 5.41) is 20.7. The van der Waals surface area contributed by atoms with Gasteiger partial charge in [-0.2, -0.15) is 0 Å². The molecule has 0 aliphatic heterocycles. The number of hydrogen-bond donors (Lipinski definition) is 3. The minimum absolute atomic E-state index is 0.0326. The number of benzene rings is 1. The Balaban J connectivity index is 2.52. The summed E-state index contributed by atoms with van der Waals surface area (Å²) in [6.45, 7) is 2.62. The zero-order valence-corrected chi connectivity index (χ0v) is 10.8. The Labute approximate surface area is 111 Å². The Morgan fingerprint density at radius 1 is 1.32 bits per heavy atom. The van der Waals surface area contributed by atoms with Crippen LogP contribution in [0, 0.1) is 0 Å². The number of carbonyl (C=O) groups is 2. The maximum absolute atomic E-state index is 11.5. The van der Waals surface area contributed by atoms with Crippen LogP contribution >= 0.6 is 0 Å². The summed E-state index contributed by atoms with van der Waals surface area (Å²) in [5.41, 5.74) is -0.801. The summed E-state index contributed by atoms with van der Waals surface area (Å²) in [5.74, 6) is -1.33. The maximum Gasteiger partial charge on any atom is 0.408 e. The molecule has 0 aliphatic carbocycles. The van der Waals surface area contributed by atoms with Crippen LogP contribution in [0.4, 0.5) is 4.79 Å². The largest absolute Gasteiger partial charge is 0.480 e. The molecule has 0 aromatic heterocycles. The molecular formula is C13H17NO5. The molecule has 3 N–H and O–H groups in total. The molecular weight excluding hydrogens is 250 g/mol. The summed E-state index contributed by atoms with van der Waals surface area (Å²) < 4.78 is 4.88. The lowest BCUT2D eigenvalue weighted by Gasteiger charge is -2.26. The second kappa shape index (κ2) is 6.19. The van der Waals surface area contributed by atoms with E-state index < -0.39 is 23.7 Å². The molecule has 0 spiro atoms. The Morgan fingerprint density at radius 2 is 1.89 bits per heavy atom. The third-order valence-electron chi connectivity index (χ3n) is 2.43. The van der Waals surface area contributed by atoms with Crippen LogP contribution < -0.4 is 5.32 Å². The molecule has 0 heterocycles. The van der Waals surface area contributed by atoms with Crippen LogP contribution in [0.5, 0.6) is 0 Å². The van der Waals surface area contributed by atoms with E-state index in [0.29, 0.717) is 0 Å². The van der Waals surface area contributed by atoms with Gasteiger partial charge in [0, 0.05) is 0 Å². The second-order valence-corrected chi connectivity index (χ2v) is 4.63. The molecule has 1 atom stereocenters. The minimum atomic E-state index is -1.59. The van der Waals surface area contributed by atoms with Gasteiger partial charge >= 0.3 is 12.1 Å². The highest BCUT2D eigenvalue weighted by atomic mass is 16.5. The molecule has 0 radical (unpaired) electrons. The van der Waals surface area contributed by atoms with Crippen LogP contribution in [0.15, 0.2) is 30.3 Å². The van der Waals surface area contributed by atoms with Gasteiger partial charge in [0.1, 0.15) is 6.61 Å². The van der Waals surface area contributed by atoms with Crippen LogP contribution in [-0.4, -0.2) is 33.9 Å². The zero-order chi connectivity index (χ0) is 14.5. The fraction of sp³-hybridized carbons (Fsp3) is 0.385. The van der Waals surface area contributed by atoms with E-state index in [9.17, 15) is 14.7 Å². The summed E-state index contributed by atoms with van der Waals surface area (Å²) in [6, 6.07) is 7.55. The highest BCUT2D eigenvalue weighted by Crippen LogP contribution is 2.09. The van der Waals surface area contributed by atoms with Gasteiger partial charge < -0.3 is 20.3 Å². The van der Waals surface area contributed by atoms with Crippen molar-refractivity contribution in [2.45, 2.75) is 32.1 Å². The van der Waals surface area contributed by atoms with E-state index >= 15 is 0 Å². The number of alkyl carbamates (subject to hydrolysis) is 1. The van der Waals surface area contributed by atoms with Crippen LogP contribution in [0.25, 0.3) is 0 Å². The Kier molecular flexibility index (Phi) is 4.88. The third-order valence-corrected chi connectivity index (χ3v) is 2.43. The number of carboxylic acids is 1. The molecule has 1 amide bonds. The number of amides is 1. The van der Waals surface area contributed by atoms with E-state index in [-0.39, 0.29) is 6.61 Å². The first-order chi connectivity index (χ1) is 8.80. The van der Waals surface area contributed by atoms with Crippen molar-refractivity contribution in [1.82, 2.24) is 5.32 Å². The van der Waals surface area contributed by atoms with Crippen molar-refractivity contribution in [3.63, 3.8) is 0 Å². The highest BCUT2D eigenvalue weighted by Gasteiger charge is 2.35. The van der Waals surface area contributed by atoms with Crippen molar-refractivity contribution >= 4 is 12.1 Å². The molecule has 0 bridgehead atoms. The summed E-state index contributed by atoms with van der Waals surface area (Å²) in [6.07, 6.45) is -0.890. The van der Waals surface area contributed by atoms with Crippen LogP contribution in [0.3, 0.4) is 0 Å². The fourth-order valence-electron chi connectivity index (χ4n) is 1.42. The molecule has 0 unspecified atom stereocenters. The number of carbonyl (C=O) groups excluding carboxylic acids is 1. The van der Waals surface area contributed by atoms with Gasteiger partial charge in [-0.25, -0.2) is 9.59 Å². The van der Waals surface area contributed by atoms with Gasteiger partial charge in [-0.3, -0.25) is 0 Å². The molecule has 6 nitrogen and oxygen atoms in total. The number of rotatable bonds is 5. The number of aliphatic hydroxyl groups is 1. The monoisotopic (exact) mass is 267 g/mol. The topological polar surface area (TPSA) is 95.9 Å². The smallest absolute Gasteiger partial charge is 0.408 e. The lowest BCUT2D eigenvalue weighted by molar-refractivity contribution is -0.145. The molecule has 0 saturated carbocycles. The quantitative estimate of drug-likeness (QED) is 0.743. The van der Waals surface area contributed by atoms with Gasteiger partial charge in [0.2, 0.25) is 0 Å². The lowest BCUT2D eigenvalue weighted by atomic mass is 9.99. The molecule has 1 rings (SSSR count). The molecule has 104 valence electrons. The highest BCUT2D eigenvalue weighted by molar-refractivity contribution is 5.81. The predicted octanol–water partition coefficient (Wildman–Crippen LogP) is 1.14. The Bertz CT molecular complexity index is 438. The van der Waals surface area contributed by atoms with E-state index in [1.165, 1.54) is 13.8 Å². The normalized spacial score (nSPS) is 12.6. The van der Waals surface area contributed by atoms with Crippen molar-refractivity contribution < 1.29 is 24.5 Å². The molecule has 1 aromatic rings. The standard InChI is InChI=1S/C13H17NO5/c1-13(2,18)10(11(15)16)14-12(17)19-8-9-6-4-3-5-7-9/h3-7,10,18H,8H2,1-2H3,(H,14,17)(H,15,16)/t10-/m1/s1. The first kappa shape index (κ1) is 15.0. The van der Waals surface area contributed by atoms with Crippen LogP contribution in [-0.2, 0) is 16.1 Å². The lowest BCUT2D eigenvalue weighted by Crippen LogP contribution is -2.54. The van der Waals surface area contributed by atoms with Crippen LogP contribution in [0.1, 0.15) is 19.4 Å². The van der Waals surface area contributed by atoms with E-state index in [4.69, 9.17) is 9.84 Å². The van der Waals surface area contributed by atoms with Gasteiger partial charge in [-0.15, -0.1) is 0 Å². The Morgan fingerprint density at radius 3 is 2.37 bits per heavy atom. The van der Waals surface area contributed by atoms with E-state index in [1.54, 1.807) is 24.3 Å². The average molecular weight is 267 g/mol. The van der Waals surface area contributed by atoms with Gasteiger partial charge in [-0.1, -0.05) is 30.3 Å². The summed E-state index contributed by atoms with van der Waals surface area (Å²) >= 11 is 0. The molecule has 0 saturated heterocycles. The number of hydrogen-bond acceptors (Lipinski definition) is 4. The van der Waals surface area contributed by atoms with Crippen molar-refractivity contribution in [3.8, 4) is 0 Å². The summed E-state index contributed by atoms with van der Waals surface area (Å²) in [4.78, 5) is 22.4. The first-order valence-corrected chi connectivity index (χ1v) is 5.73. The van der Waals surface area contributed by atoms with Gasteiger partial charge in [0.25, 0.3) is 0 Å². The van der Waals surface area contributed by atoms with Crippen molar-refractivity contribution in [3.05, 3.63) is 35.9 Å². The molecule has 0 aliphatic rings. The van der Waals surface area contributed by atoms with Crippen molar-refractivity contribution in [2.75, 3.05) is 0 Å². The average Bonchev–Trinajstić information content (AvgIpc) is 2.33. The molecule has 6 heteroatoms. The van der Waals surface area contributed by atoms with Gasteiger partial charge in [-0.05, 0) is 19.4 Å². The van der Waals surface area contributed by atoms with Crippen molar-refractivity contribution in [1.29, 1.82) is 0 Å². The number of nitrogens with one attached hydrogen (secondary N) is 1. The zero-order valence-electron chi connectivity index (χ0n) is 10.8. The van der Waals surface area contributed by atoms with Gasteiger partial charge in [0.15, 0.2) is 6.04 Å². The van der Waals surface area contributed by atoms with Crippen molar-refractivity contribution in [2.24, 2.45) is 0 Å². The van der Waals surface area contributed by atoms with Crippen LogP contribution in [0.2, 0.25) is 0 Å². The molecule has 19 heavy (non-hydrogen) atoms. The summed E-state index contributed by atoms with van der Waals surface area (Å²) in [7, 11) is 0. The second-order valence-electron chi connectivity index (χ2n) is 4.63. The SMILES string of the molecule is CC(C)(O)[C@H](NC(=O)OCc1ccccc1)C(=O)O. The van der Waals surface area contributed by atoms with E-state index in [1.807, 2.05) is 6.07 Å². The predicted molar refractivity (Wildman–Crippen MR) is 67.5 cm³/mol. The fourth-order valence-corrected chi connectivity index (χ4v) is 1.42. The number of aliphatic carboxylic acids is 1. The minimum Gasteiger partial charge on any atom is -0.480 e. The molecule has 1 aromatic carbocycles. The maximum atomic E-state index is 11.5.